The molecule has 2 rings (SSSR count). The van der Waals surface area contributed by atoms with Crippen LogP contribution in [0.1, 0.15) is 17.9 Å². The smallest absolute Gasteiger partial charge is 0.324 e. The molecule has 0 N–H and O–H groups in total. The Morgan fingerprint density at radius 2 is 1.73 bits per heavy atom. The summed E-state index contributed by atoms with van der Waals surface area (Å²) in [5.74, 6) is -1.84. The van der Waals surface area contributed by atoms with E-state index in [2.05, 4.69) is 13.2 Å². The molecule has 1 aromatic rings. The van der Waals surface area contributed by atoms with E-state index in [0.29, 0.717) is 0 Å². The molecular weight excluding hydrogens is 280 g/mol. The summed E-state index contributed by atoms with van der Waals surface area (Å²) in [7, 11) is 2.55. The first kappa shape index (κ1) is 16.0. The number of rotatable bonds is 4. The maximum atomic E-state index is 12.5. The summed E-state index contributed by atoms with van der Waals surface area (Å²) in [5, 5.41) is 0. The van der Waals surface area contributed by atoms with Crippen molar-refractivity contribution in [1.29, 1.82) is 0 Å². The van der Waals surface area contributed by atoms with Gasteiger partial charge >= 0.3 is 11.9 Å². The fourth-order valence-electron chi connectivity index (χ4n) is 3.36. The molecular formula is C18H20O4. The maximum Gasteiger partial charge on any atom is 0.324 e. The lowest BCUT2D eigenvalue weighted by Gasteiger charge is -2.30. The molecule has 1 fully saturated rings. The molecule has 0 radical (unpaired) electrons. The lowest BCUT2D eigenvalue weighted by atomic mass is 9.73. The van der Waals surface area contributed by atoms with Crippen molar-refractivity contribution in [1.82, 2.24) is 0 Å². The van der Waals surface area contributed by atoms with Crippen LogP contribution in [0.5, 0.6) is 0 Å². The Labute approximate surface area is 130 Å². The van der Waals surface area contributed by atoms with Crippen LogP contribution in [-0.4, -0.2) is 26.2 Å². The van der Waals surface area contributed by atoms with E-state index in [-0.39, 0.29) is 12.3 Å². The minimum absolute atomic E-state index is 0.150. The number of hydrogen-bond donors (Lipinski definition) is 0. The topological polar surface area (TPSA) is 52.6 Å². The van der Waals surface area contributed by atoms with E-state index >= 15 is 0 Å². The number of carbonyl (C=O) groups excluding carboxylic acids is 2. The quantitative estimate of drug-likeness (QED) is 0.487. The monoisotopic (exact) mass is 300 g/mol. The number of esters is 2. The number of methoxy groups -OCH3 is 2. The third kappa shape index (κ3) is 2.25. The number of carbonyl (C=O) groups is 2. The Morgan fingerprint density at radius 1 is 1.18 bits per heavy atom. The van der Waals surface area contributed by atoms with E-state index in [9.17, 15) is 9.59 Å². The third-order valence-electron chi connectivity index (χ3n) is 4.40. The summed E-state index contributed by atoms with van der Waals surface area (Å²) in [4.78, 5) is 25.1. The third-order valence-corrected chi connectivity index (χ3v) is 4.40. The van der Waals surface area contributed by atoms with E-state index in [0.717, 1.165) is 11.1 Å². The zero-order valence-electron chi connectivity index (χ0n) is 12.9. The normalized spacial score (nSPS) is 22.9. The van der Waals surface area contributed by atoms with Gasteiger partial charge in [-0.3, -0.25) is 9.59 Å². The van der Waals surface area contributed by atoms with E-state index in [1.807, 2.05) is 30.3 Å². The fourth-order valence-corrected chi connectivity index (χ4v) is 3.36. The average molecular weight is 300 g/mol. The average Bonchev–Trinajstić information content (AvgIpc) is 2.87. The molecule has 4 heteroatoms. The minimum Gasteiger partial charge on any atom is -0.468 e. The lowest BCUT2D eigenvalue weighted by Crippen LogP contribution is -2.43. The molecule has 2 atom stereocenters. The van der Waals surface area contributed by atoms with Gasteiger partial charge in [-0.1, -0.05) is 48.6 Å². The lowest BCUT2D eigenvalue weighted by molar-refractivity contribution is -0.169. The second kappa shape index (κ2) is 6.18. The zero-order chi connectivity index (χ0) is 16.3. The number of ether oxygens (including phenoxy) is 2. The largest absolute Gasteiger partial charge is 0.468 e. The van der Waals surface area contributed by atoms with Crippen molar-refractivity contribution in [3.63, 3.8) is 0 Å². The second-order valence-corrected chi connectivity index (χ2v) is 5.42. The molecule has 0 saturated heterocycles. The Balaban J connectivity index is 2.66. The summed E-state index contributed by atoms with van der Waals surface area (Å²) < 4.78 is 9.88. The summed E-state index contributed by atoms with van der Waals surface area (Å²) >= 11 is 0. The molecule has 1 saturated carbocycles. The number of allylic oxidation sites excluding steroid dienone is 2. The highest BCUT2D eigenvalue weighted by Crippen LogP contribution is 2.56. The number of hydrogen-bond acceptors (Lipinski definition) is 4. The van der Waals surface area contributed by atoms with Gasteiger partial charge in [0.25, 0.3) is 0 Å². The van der Waals surface area contributed by atoms with Crippen molar-refractivity contribution < 1.29 is 19.1 Å². The van der Waals surface area contributed by atoms with Gasteiger partial charge in [-0.05, 0) is 17.9 Å². The Morgan fingerprint density at radius 3 is 2.18 bits per heavy atom. The molecule has 22 heavy (non-hydrogen) atoms. The molecule has 0 bridgehead atoms. The summed E-state index contributed by atoms with van der Waals surface area (Å²) in [6, 6.07) is 9.36. The van der Waals surface area contributed by atoms with Gasteiger partial charge in [0, 0.05) is 5.92 Å². The van der Waals surface area contributed by atoms with Crippen molar-refractivity contribution in [2.24, 2.45) is 11.3 Å². The predicted molar refractivity (Wildman–Crippen MR) is 83.1 cm³/mol. The minimum atomic E-state index is -1.42. The maximum absolute atomic E-state index is 12.5. The van der Waals surface area contributed by atoms with Gasteiger partial charge in [0.1, 0.15) is 0 Å². The van der Waals surface area contributed by atoms with Crippen LogP contribution in [0, 0.1) is 11.3 Å². The number of benzene rings is 1. The van der Waals surface area contributed by atoms with Gasteiger partial charge in [-0.15, -0.1) is 6.58 Å². The molecule has 0 amide bonds. The highest BCUT2D eigenvalue weighted by molar-refractivity contribution is 6.02. The van der Waals surface area contributed by atoms with Crippen LogP contribution < -0.4 is 0 Å². The second-order valence-electron chi connectivity index (χ2n) is 5.42. The van der Waals surface area contributed by atoms with E-state index in [4.69, 9.17) is 9.47 Å². The van der Waals surface area contributed by atoms with Crippen molar-refractivity contribution >= 4 is 11.9 Å². The van der Waals surface area contributed by atoms with Crippen LogP contribution >= 0.6 is 0 Å². The van der Waals surface area contributed by atoms with Gasteiger partial charge in [0.2, 0.25) is 0 Å². The SMILES string of the molecule is C=C[C@H]1CC(C(=O)OC)(C(=O)OC)[C@@H](c2ccccc2)C1=C. The molecule has 1 aliphatic rings. The zero-order valence-corrected chi connectivity index (χ0v) is 12.9. The van der Waals surface area contributed by atoms with Crippen molar-refractivity contribution in [2.75, 3.05) is 14.2 Å². The van der Waals surface area contributed by atoms with Crippen LogP contribution in [0.2, 0.25) is 0 Å². The highest BCUT2D eigenvalue weighted by atomic mass is 16.5. The summed E-state index contributed by atoms with van der Waals surface area (Å²) in [6.45, 7) is 7.90. The molecule has 0 aliphatic heterocycles. The van der Waals surface area contributed by atoms with Gasteiger partial charge < -0.3 is 9.47 Å². The highest BCUT2D eigenvalue weighted by Gasteiger charge is 2.61. The van der Waals surface area contributed by atoms with E-state index < -0.39 is 23.3 Å². The van der Waals surface area contributed by atoms with Gasteiger partial charge in [-0.25, -0.2) is 0 Å². The van der Waals surface area contributed by atoms with Crippen LogP contribution in [0.4, 0.5) is 0 Å². The van der Waals surface area contributed by atoms with E-state index in [1.165, 1.54) is 14.2 Å². The van der Waals surface area contributed by atoms with Crippen LogP contribution in [-0.2, 0) is 19.1 Å². The van der Waals surface area contributed by atoms with Gasteiger partial charge in [0.15, 0.2) is 5.41 Å². The summed E-state index contributed by atoms with van der Waals surface area (Å²) in [6.07, 6.45) is 1.97. The molecule has 4 nitrogen and oxygen atoms in total. The molecule has 116 valence electrons. The first-order valence-corrected chi connectivity index (χ1v) is 7.06. The molecule has 0 heterocycles. The molecule has 1 aromatic carbocycles. The van der Waals surface area contributed by atoms with Crippen LogP contribution in [0.25, 0.3) is 0 Å². The van der Waals surface area contributed by atoms with Gasteiger partial charge in [-0.2, -0.15) is 0 Å². The van der Waals surface area contributed by atoms with Crippen molar-refractivity contribution in [2.45, 2.75) is 12.3 Å². The van der Waals surface area contributed by atoms with Crippen molar-refractivity contribution in [3.05, 3.63) is 60.7 Å². The fraction of sp³-hybridized carbons (Fsp3) is 0.333. The first-order chi connectivity index (χ1) is 10.5. The molecule has 1 aliphatic carbocycles. The molecule has 0 spiro atoms. The van der Waals surface area contributed by atoms with Crippen LogP contribution in [0.15, 0.2) is 55.1 Å². The van der Waals surface area contributed by atoms with E-state index in [1.54, 1.807) is 6.08 Å². The Hall–Kier alpha value is -2.36. The first-order valence-electron chi connectivity index (χ1n) is 7.06. The van der Waals surface area contributed by atoms with Crippen molar-refractivity contribution in [3.8, 4) is 0 Å². The standard InChI is InChI=1S/C18H20O4/c1-5-13-11-18(16(19)21-3,17(20)22-4)15(12(13)2)14-9-7-6-8-10-14/h5-10,13,15H,1-2,11H2,3-4H3/t13-,15+/m0/s1. The predicted octanol–water partition coefficient (Wildman–Crippen LogP) is 2.86. The molecule has 0 unspecified atom stereocenters. The molecule has 0 aromatic heterocycles. The summed E-state index contributed by atoms with van der Waals surface area (Å²) in [5.41, 5.74) is 0.200. The van der Waals surface area contributed by atoms with Gasteiger partial charge in [0.05, 0.1) is 14.2 Å². The van der Waals surface area contributed by atoms with Crippen LogP contribution in [0.3, 0.4) is 0 Å². The Bertz CT molecular complexity index is 587. The Kier molecular flexibility index (Phi) is 4.50.